The van der Waals surface area contributed by atoms with Crippen LogP contribution in [0.3, 0.4) is 0 Å². The first-order valence-corrected chi connectivity index (χ1v) is 5.20. The van der Waals surface area contributed by atoms with Crippen molar-refractivity contribution in [2.24, 2.45) is 11.0 Å². The summed E-state index contributed by atoms with van der Waals surface area (Å²) in [5, 5.41) is 13.6. The average Bonchev–Trinajstić information content (AvgIpc) is 2.21. The summed E-state index contributed by atoms with van der Waals surface area (Å²) in [5.41, 5.74) is 2.42. The number of carbonyl (C=O) groups is 1. The third-order valence-electron chi connectivity index (χ3n) is 1.74. The van der Waals surface area contributed by atoms with Crippen LogP contribution < -0.4 is 5.43 Å². The van der Waals surface area contributed by atoms with Crippen LogP contribution in [-0.2, 0) is 0 Å². The van der Waals surface area contributed by atoms with E-state index < -0.39 is 5.91 Å². The van der Waals surface area contributed by atoms with Crippen molar-refractivity contribution in [2.45, 2.75) is 13.8 Å². The first kappa shape index (κ1) is 12.5. The Hall–Kier alpha value is -1.55. The quantitative estimate of drug-likeness (QED) is 0.630. The number of halogens is 1. The smallest absolute Gasteiger partial charge is 0.275 e. The Balaban J connectivity index is 2.77. The molecule has 1 aromatic rings. The van der Waals surface area contributed by atoms with Crippen LogP contribution in [0.1, 0.15) is 24.2 Å². The molecule has 2 N–H and O–H groups in total. The van der Waals surface area contributed by atoms with Crippen molar-refractivity contribution in [1.29, 1.82) is 0 Å². The van der Waals surface area contributed by atoms with Crippen LogP contribution in [0.5, 0.6) is 5.75 Å². The summed E-state index contributed by atoms with van der Waals surface area (Å²) in [4.78, 5) is 11.6. The Labute approximate surface area is 98.9 Å². The molecular weight excluding hydrogens is 228 g/mol. The van der Waals surface area contributed by atoms with E-state index in [-0.39, 0.29) is 17.2 Å². The molecule has 0 radical (unpaired) electrons. The molecule has 0 aliphatic carbocycles. The molecule has 0 aromatic heterocycles. The lowest BCUT2D eigenvalue weighted by molar-refractivity contribution is 0.0952. The minimum Gasteiger partial charge on any atom is -0.507 e. The van der Waals surface area contributed by atoms with Crippen LogP contribution >= 0.6 is 11.6 Å². The Morgan fingerprint density at radius 1 is 1.56 bits per heavy atom. The molecule has 0 heterocycles. The van der Waals surface area contributed by atoms with E-state index in [4.69, 9.17) is 11.6 Å². The van der Waals surface area contributed by atoms with Gasteiger partial charge < -0.3 is 5.11 Å². The van der Waals surface area contributed by atoms with Crippen LogP contribution in [0.2, 0.25) is 5.02 Å². The van der Waals surface area contributed by atoms with Gasteiger partial charge in [-0.05, 0) is 24.1 Å². The first-order chi connectivity index (χ1) is 7.50. The Morgan fingerprint density at radius 3 is 2.88 bits per heavy atom. The van der Waals surface area contributed by atoms with E-state index in [0.29, 0.717) is 5.02 Å². The molecule has 0 unspecified atom stereocenters. The van der Waals surface area contributed by atoms with E-state index in [0.717, 1.165) is 0 Å². The maximum absolute atomic E-state index is 11.6. The molecule has 0 aliphatic rings. The molecule has 0 bridgehead atoms. The van der Waals surface area contributed by atoms with Crippen LogP contribution in [0.4, 0.5) is 0 Å². The lowest BCUT2D eigenvalue weighted by Gasteiger charge is -2.03. The molecule has 1 rings (SSSR count). The summed E-state index contributed by atoms with van der Waals surface area (Å²) in [7, 11) is 0. The summed E-state index contributed by atoms with van der Waals surface area (Å²) in [5.74, 6) is -0.369. The summed E-state index contributed by atoms with van der Waals surface area (Å²) >= 11 is 5.72. The zero-order valence-electron chi connectivity index (χ0n) is 9.07. The van der Waals surface area contributed by atoms with Gasteiger partial charge in [-0.25, -0.2) is 5.43 Å². The molecule has 0 atom stereocenters. The molecule has 0 fully saturated rings. The van der Waals surface area contributed by atoms with Gasteiger partial charge in [0.1, 0.15) is 5.75 Å². The number of hydrazone groups is 1. The number of hydrogen-bond acceptors (Lipinski definition) is 3. The van der Waals surface area contributed by atoms with Crippen LogP contribution in [0, 0.1) is 5.92 Å². The van der Waals surface area contributed by atoms with Gasteiger partial charge in [0, 0.05) is 11.2 Å². The molecular formula is C11H13ClN2O2. The zero-order chi connectivity index (χ0) is 12.1. The highest BCUT2D eigenvalue weighted by Gasteiger charge is 2.10. The summed E-state index contributed by atoms with van der Waals surface area (Å²) in [6.07, 6.45) is 1.60. The molecule has 86 valence electrons. The Bertz CT molecular complexity index is 416. The minimum atomic E-state index is -0.489. The molecule has 0 saturated heterocycles. The second-order valence-corrected chi connectivity index (χ2v) is 4.06. The van der Waals surface area contributed by atoms with Gasteiger partial charge in [-0.1, -0.05) is 25.4 Å². The Morgan fingerprint density at radius 2 is 2.25 bits per heavy atom. The third-order valence-corrected chi connectivity index (χ3v) is 1.98. The van der Waals surface area contributed by atoms with Crippen molar-refractivity contribution in [2.75, 3.05) is 0 Å². The number of carbonyl (C=O) groups excluding carboxylic acids is 1. The standard InChI is InChI=1S/C11H13ClN2O2/c1-7(2)6-13-14-11(16)9-5-8(12)3-4-10(9)15/h3-7,15H,1-2H3,(H,14,16)/b13-6+. The zero-order valence-corrected chi connectivity index (χ0v) is 9.82. The lowest BCUT2D eigenvalue weighted by atomic mass is 10.2. The number of phenols is 1. The molecule has 0 spiro atoms. The van der Waals surface area contributed by atoms with E-state index in [1.54, 1.807) is 6.21 Å². The van der Waals surface area contributed by atoms with Gasteiger partial charge in [-0.2, -0.15) is 5.10 Å². The predicted molar refractivity (Wildman–Crippen MR) is 63.9 cm³/mol. The van der Waals surface area contributed by atoms with E-state index in [9.17, 15) is 9.90 Å². The molecule has 0 saturated carbocycles. The average molecular weight is 241 g/mol. The maximum atomic E-state index is 11.6. The van der Waals surface area contributed by atoms with Crippen LogP contribution in [0.15, 0.2) is 23.3 Å². The second-order valence-electron chi connectivity index (χ2n) is 3.62. The van der Waals surface area contributed by atoms with E-state index in [1.165, 1.54) is 18.2 Å². The van der Waals surface area contributed by atoms with Gasteiger partial charge in [-0.15, -0.1) is 0 Å². The van der Waals surface area contributed by atoms with Gasteiger partial charge in [0.15, 0.2) is 0 Å². The van der Waals surface area contributed by atoms with Crippen molar-refractivity contribution >= 4 is 23.7 Å². The maximum Gasteiger partial charge on any atom is 0.275 e. The van der Waals surface area contributed by atoms with E-state index >= 15 is 0 Å². The third kappa shape index (κ3) is 3.55. The largest absolute Gasteiger partial charge is 0.507 e. The second kappa shape index (κ2) is 5.51. The molecule has 4 nitrogen and oxygen atoms in total. The summed E-state index contributed by atoms with van der Waals surface area (Å²) in [6.45, 7) is 3.87. The van der Waals surface area contributed by atoms with Crippen molar-refractivity contribution in [3.8, 4) is 5.75 Å². The summed E-state index contributed by atoms with van der Waals surface area (Å²) < 4.78 is 0. The van der Waals surface area contributed by atoms with Gasteiger partial charge in [0.2, 0.25) is 0 Å². The van der Waals surface area contributed by atoms with Gasteiger partial charge >= 0.3 is 0 Å². The van der Waals surface area contributed by atoms with Crippen molar-refractivity contribution in [3.63, 3.8) is 0 Å². The SMILES string of the molecule is CC(C)/C=N/NC(=O)c1cc(Cl)ccc1O. The molecule has 5 heteroatoms. The van der Waals surface area contributed by atoms with Crippen molar-refractivity contribution < 1.29 is 9.90 Å². The number of benzene rings is 1. The van der Waals surface area contributed by atoms with Gasteiger partial charge in [-0.3, -0.25) is 4.79 Å². The highest BCUT2D eigenvalue weighted by molar-refractivity contribution is 6.31. The fraction of sp³-hybridized carbons (Fsp3) is 0.273. The van der Waals surface area contributed by atoms with Crippen molar-refractivity contribution in [1.82, 2.24) is 5.43 Å². The first-order valence-electron chi connectivity index (χ1n) is 4.82. The van der Waals surface area contributed by atoms with Crippen LogP contribution in [-0.4, -0.2) is 17.2 Å². The topological polar surface area (TPSA) is 61.7 Å². The number of nitrogens with zero attached hydrogens (tertiary/aromatic N) is 1. The number of hydrogen-bond donors (Lipinski definition) is 2. The number of aromatic hydroxyl groups is 1. The normalized spacial score (nSPS) is 11.0. The van der Waals surface area contributed by atoms with E-state index in [1.807, 2.05) is 13.8 Å². The molecule has 0 aliphatic heterocycles. The van der Waals surface area contributed by atoms with Crippen LogP contribution in [0.25, 0.3) is 0 Å². The fourth-order valence-corrected chi connectivity index (χ4v) is 1.17. The molecule has 1 aromatic carbocycles. The predicted octanol–water partition coefficient (Wildman–Crippen LogP) is 2.42. The number of rotatable bonds is 3. The highest BCUT2D eigenvalue weighted by Crippen LogP contribution is 2.21. The van der Waals surface area contributed by atoms with Gasteiger partial charge in [0.25, 0.3) is 5.91 Å². The highest BCUT2D eigenvalue weighted by atomic mass is 35.5. The van der Waals surface area contributed by atoms with E-state index in [2.05, 4.69) is 10.5 Å². The number of nitrogens with one attached hydrogen (secondary N) is 1. The number of phenolic OH excluding ortho intramolecular Hbond substituents is 1. The number of amides is 1. The Kier molecular flexibility index (Phi) is 4.31. The van der Waals surface area contributed by atoms with Gasteiger partial charge in [0.05, 0.1) is 5.56 Å². The lowest BCUT2D eigenvalue weighted by Crippen LogP contribution is -2.18. The summed E-state index contributed by atoms with van der Waals surface area (Å²) in [6, 6.07) is 4.26. The fourth-order valence-electron chi connectivity index (χ4n) is 0.995. The molecule has 1 amide bonds. The van der Waals surface area contributed by atoms with Crippen molar-refractivity contribution in [3.05, 3.63) is 28.8 Å². The monoisotopic (exact) mass is 240 g/mol. The minimum absolute atomic E-state index is 0.105. The molecule has 16 heavy (non-hydrogen) atoms.